The molecular weight excluding hydrogens is 380 g/mol. The molecule has 1 fully saturated rings. The molecule has 2 N–H and O–H groups in total. The highest BCUT2D eigenvalue weighted by molar-refractivity contribution is 8.00. The summed E-state index contributed by atoms with van der Waals surface area (Å²) >= 11 is 1.46. The summed E-state index contributed by atoms with van der Waals surface area (Å²) in [7, 11) is -3.52. The molecule has 0 aromatic heterocycles. The highest BCUT2D eigenvalue weighted by atomic mass is 32.2. The van der Waals surface area contributed by atoms with Crippen molar-refractivity contribution in [2.24, 2.45) is 0 Å². The van der Waals surface area contributed by atoms with E-state index in [2.05, 4.69) is 10.0 Å². The van der Waals surface area contributed by atoms with Crippen molar-refractivity contribution in [2.45, 2.75) is 47.9 Å². The summed E-state index contributed by atoms with van der Waals surface area (Å²) in [6, 6.07) is 16.0. The van der Waals surface area contributed by atoms with Gasteiger partial charge in [0.1, 0.15) is 0 Å². The number of benzene rings is 2. The van der Waals surface area contributed by atoms with Crippen LogP contribution in [0, 0.1) is 0 Å². The van der Waals surface area contributed by atoms with Crippen LogP contribution in [0.4, 0.5) is 5.69 Å². The van der Waals surface area contributed by atoms with Crippen molar-refractivity contribution in [3.05, 3.63) is 54.6 Å². The topological polar surface area (TPSA) is 75.3 Å². The van der Waals surface area contributed by atoms with E-state index in [1.807, 2.05) is 30.3 Å². The molecule has 1 aliphatic carbocycles. The first-order chi connectivity index (χ1) is 13.0. The number of carbonyl (C=O) groups excluding carboxylic acids is 1. The van der Waals surface area contributed by atoms with Crippen LogP contribution in [0.25, 0.3) is 0 Å². The average Bonchev–Trinajstić information content (AvgIpc) is 2.68. The summed E-state index contributed by atoms with van der Waals surface area (Å²) in [6.07, 6.45) is 5.10. The van der Waals surface area contributed by atoms with Crippen LogP contribution in [0.1, 0.15) is 32.1 Å². The fourth-order valence-electron chi connectivity index (χ4n) is 3.09. The van der Waals surface area contributed by atoms with Gasteiger partial charge in [0.2, 0.25) is 15.9 Å². The van der Waals surface area contributed by atoms with Gasteiger partial charge in [-0.15, -0.1) is 11.8 Å². The molecular formula is C20H24N2O3S2. The number of rotatable bonds is 7. The highest BCUT2D eigenvalue weighted by Crippen LogP contribution is 2.21. The number of amides is 1. The Morgan fingerprint density at radius 3 is 2.30 bits per heavy atom. The smallest absolute Gasteiger partial charge is 0.240 e. The fourth-order valence-corrected chi connectivity index (χ4v) is 5.11. The van der Waals surface area contributed by atoms with Gasteiger partial charge < -0.3 is 5.32 Å². The fraction of sp³-hybridized carbons (Fsp3) is 0.350. The van der Waals surface area contributed by atoms with Gasteiger partial charge in [-0.05, 0) is 49.2 Å². The van der Waals surface area contributed by atoms with Crippen LogP contribution in [0.3, 0.4) is 0 Å². The minimum Gasteiger partial charge on any atom is -0.325 e. The quantitative estimate of drug-likeness (QED) is 0.683. The first-order valence-corrected chi connectivity index (χ1v) is 11.6. The SMILES string of the molecule is O=C(CSc1ccccc1)Nc1ccc(S(=O)(=O)NC2CCCCC2)cc1. The van der Waals surface area contributed by atoms with Crippen molar-refractivity contribution >= 4 is 33.4 Å². The van der Waals surface area contributed by atoms with E-state index in [9.17, 15) is 13.2 Å². The van der Waals surface area contributed by atoms with Crippen molar-refractivity contribution in [2.75, 3.05) is 11.1 Å². The van der Waals surface area contributed by atoms with Crippen molar-refractivity contribution in [1.82, 2.24) is 4.72 Å². The van der Waals surface area contributed by atoms with Crippen LogP contribution < -0.4 is 10.0 Å². The molecule has 3 rings (SSSR count). The third-order valence-corrected chi connectivity index (χ3v) is 7.04. The van der Waals surface area contributed by atoms with Crippen LogP contribution in [0.2, 0.25) is 0 Å². The van der Waals surface area contributed by atoms with Gasteiger partial charge in [0.15, 0.2) is 0 Å². The minimum absolute atomic E-state index is 0.0261. The second-order valence-corrected chi connectivity index (χ2v) is 9.39. The lowest BCUT2D eigenvalue weighted by atomic mass is 9.96. The van der Waals surface area contributed by atoms with Crippen LogP contribution in [0.15, 0.2) is 64.4 Å². The molecule has 2 aromatic carbocycles. The van der Waals surface area contributed by atoms with Crippen molar-refractivity contribution < 1.29 is 13.2 Å². The number of carbonyl (C=O) groups is 1. The van der Waals surface area contributed by atoms with E-state index >= 15 is 0 Å². The normalized spacial score (nSPS) is 15.4. The van der Waals surface area contributed by atoms with Crippen molar-refractivity contribution in [1.29, 1.82) is 0 Å². The zero-order valence-corrected chi connectivity index (χ0v) is 16.7. The molecule has 0 bridgehead atoms. The van der Waals surface area contributed by atoms with Gasteiger partial charge in [-0.25, -0.2) is 13.1 Å². The Hall–Kier alpha value is -1.83. The summed E-state index contributed by atoms with van der Waals surface area (Å²) in [6.45, 7) is 0. The number of hydrogen-bond donors (Lipinski definition) is 2. The predicted octanol–water partition coefficient (Wildman–Crippen LogP) is 4.03. The largest absolute Gasteiger partial charge is 0.325 e. The molecule has 27 heavy (non-hydrogen) atoms. The van der Waals surface area contributed by atoms with E-state index in [0.29, 0.717) is 11.4 Å². The molecule has 0 radical (unpaired) electrons. The van der Waals surface area contributed by atoms with Gasteiger partial charge >= 0.3 is 0 Å². The molecule has 0 saturated heterocycles. The Kier molecular flexibility index (Phi) is 6.93. The van der Waals surface area contributed by atoms with E-state index in [4.69, 9.17) is 0 Å². The Balaban J connectivity index is 1.53. The Morgan fingerprint density at radius 2 is 1.63 bits per heavy atom. The maximum Gasteiger partial charge on any atom is 0.240 e. The second kappa shape index (κ2) is 9.39. The molecule has 0 spiro atoms. The van der Waals surface area contributed by atoms with Crippen LogP contribution >= 0.6 is 11.8 Å². The molecule has 0 aliphatic heterocycles. The molecule has 1 amide bonds. The average molecular weight is 405 g/mol. The van der Waals surface area contributed by atoms with Gasteiger partial charge in [0, 0.05) is 16.6 Å². The summed E-state index contributed by atoms with van der Waals surface area (Å²) in [5, 5.41) is 2.80. The summed E-state index contributed by atoms with van der Waals surface area (Å²) in [5.41, 5.74) is 0.588. The van der Waals surface area contributed by atoms with Gasteiger partial charge in [-0.3, -0.25) is 4.79 Å². The van der Waals surface area contributed by atoms with E-state index in [1.165, 1.54) is 30.3 Å². The first-order valence-electron chi connectivity index (χ1n) is 9.13. The monoisotopic (exact) mass is 404 g/mol. The zero-order chi connectivity index (χ0) is 19.1. The maximum absolute atomic E-state index is 12.5. The first kappa shape index (κ1) is 19.9. The van der Waals surface area contributed by atoms with Crippen LogP contribution in [0.5, 0.6) is 0 Å². The minimum atomic E-state index is -3.52. The Morgan fingerprint density at radius 1 is 0.963 bits per heavy atom. The lowest BCUT2D eigenvalue weighted by Crippen LogP contribution is -2.36. The van der Waals surface area contributed by atoms with Gasteiger partial charge in [0.25, 0.3) is 0 Å². The summed E-state index contributed by atoms with van der Waals surface area (Å²) in [4.78, 5) is 13.3. The van der Waals surface area contributed by atoms with E-state index in [1.54, 1.807) is 12.1 Å². The second-order valence-electron chi connectivity index (χ2n) is 6.63. The third-order valence-electron chi connectivity index (χ3n) is 4.49. The third kappa shape index (κ3) is 6.09. The Bertz CT molecular complexity index is 847. The molecule has 1 aliphatic rings. The number of anilines is 1. The molecule has 0 heterocycles. The molecule has 0 atom stereocenters. The van der Waals surface area contributed by atoms with Crippen LogP contribution in [-0.4, -0.2) is 26.1 Å². The lowest BCUT2D eigenvalue weighted by Gasteiger charge is -2.22. The molecule has 5 nitrogen and oxygen atoms in total. The molecule has 1 saturated carbocycles. The van der Waals surface area contributed by atoms with Gasteiger partial charge in [-0.1, -0.05) is 37.5 Å². The molecule has 144 valence electrons. The van der Waals surface area contributed by atoms with Crippen molar-refractivity contribution in [3.8, 4) is 0 Å². The molecule has 7 heteroatoms. The van der Waals surface area contributed by atoms with E-state index < -0.39 is 10.0 Å². The standard InChI is InChI=1S/C20H24N2O3S2/c23-20(15-26-18-9-5-2-6-10-18)21-16-11-13-19(14-12-16)27(24,25)22-17-7-3-1-4-8-17/h2,5-6,9-14,17,22H,1,3-4,7-8,15H2,(H,21,23). The number of hydrogen-bond acceptors (Lipinski definition) is 4. The zero-order valence-electron chi connectivity index (χ0n) is 15.1. The van der Waals surface area contributed by atoms with Gasteiger partial charge in [0.05, 0.1) is 10.6 Å². The lowest BCUT2D eigenvalue weighted by molar-refractivity contribution is -0.113. The summed E-state index contributed by atoms with van der Waals surface area (Å²) < 4.78 is 27.8. The van der Waals surface area contributed by atoms with E-state index in [-0.39, 0.29) is 16.8 Å². The van der Waals surface area contributed by atoms with Crippen LogP contribution in [-0.2, 0) is 14.8 Å². The van der Waals surface area contributed by atoms with E-state index in [0.717, 1.165) is 30.6 Å². The molecule has 2 aromatic rings. The number of sulfonamides is 1. The maximum atomic E-state index is 12.5. The Labute approximate surface area is 165 Å². The number of thioether (sulfide) groups is 1. The summed E-state index contributed by atoms with van der Waals surface area (Å²) in [5.74, 6) is 0.174. The van der Waals surface area contributed by atoms with Gasteiger partial charge in [-0.2, -0.15) is 0 Å². The molecule has 0 unspecified atom stereocenters. The highest BCUT2D eigenvalue weighted by Gasteiger charge is 2.21. The van der Waals surface area contributed by atoms with Crippen molar-refractivity contribution in [3.63, 3.8) is 0 Å². The predicted molar refractivity (Wildman–Crippen MR) is 109 cm³/mol. The number of nitrogens with one attached hydrogen (secondary N) is 2.